The van der Waals surface area contributed by atoms with E-state index in [1.165, 1.54) is 0 Å². The Kier molecular flexibility index (Phi) is 4.48. The van der Waals surface area contributed by atoms with E-state index in [-0.39, 0.29) is 34.4 Å². The van der Waals surface area contributed by atoms with Gasteiger partial charge in [-0.05, 0) is 22.7 Å². The highest BCUT2D eigenvalue weighted by Crippen LogP contribution is 2.48. The Balaban J connectivity index is 3.02. The Morgan fingerprint density at radius 2 is 1.32 bits per heavy atom. The quantitative estimate of drug-likeness (QED) is 0.634. The summed E-state index contributed by atoms with van der Waals surface area (Å²) in [7, 11) is 0. The van der Waals surface area contributed by atoms with Crippen molar-refractivity contribution < 1.29 is 9.13 Å². The monoisotopic (exact) mass is 272 g/mol. The molecule has 0 aliphatic carbocycles. The first-order chi connectivity index (χ1) is 8.23. The largest absolute Gasteiger partial charge is 0.371 e. The van der Waals surface area contributed by atoms with Crippen LogP contribution in [0.1, 0.15) is 68.7 Å². The maximum Gasteiger partial charge on any atom is 0.132 e. The molecule has 0 N–H and O–H groups in total. The lowest BCUT2D eigenvalue weighted by molar-refractivity contribution is -0.0499. The summed E-state index contributed by atoms with van der Waals surface area (Å²) in [5, 5.41) is 0. The van der Waals surface area contributed by atoms with Gasteiger partial charge in [0.1, 0.15) is 6.17 Å². The van der Waals surface area contributed by atoms with Gasteiger partial charge < -0.3 is 4.74 Å². The van der Waals surface area contributed by atoms with Gasteiger partial charge in [-0.15, -0.1) is 0 Å². The van der Waals surface area contributed by atoms with Gasteiger partial charge in [-0.3, -0.25) is 0 Å². The van der Waals surface area contributed by atoms with Crippen LogP contribution in [0.2, 0.25) is 0 Å². The first-order valence-corrected chi connectivity index (χ1v) is 7.53. The van der Waals surface area contributed by atoms with Gasteiger partial charge in [-0.2, -0.15) is 0 Å². The number of alkyl halides is 1. The van der Waals surface area contributed by atoms with E-state index >= 15 is 0 Å². The van der Waals surface area contributed by atoms with Crippen molar-refractivity contribution in [3.8, 4) is 0 Å². The summed E-state index contributed by atoms with van der Waals surface area (Å²) in [6, 6.07) is 0. The minimum absolute atomic E-state index is 0.0176. The van der Waals surface area contributed by atoms with Gasteiger partial charge in [-0.25, -0.2) is 4.39 Å². The molecule has 0 saturated carbocycles. The third-order valence-electron chi connectivity index (χ3n) is 4.02. The first kappa shape index (κ1) is 16.9. The number of ether oxygens (including phenoxy) is 1. The maximum absolute atomic E-state index is 14.9. The van der Waals surface area contributed by atoms with Crippen LogP contribution in [0.5, 0.6) is 0 Å². The van der Waals surface area contributed by atoms with E-state index in [2.05, 4.69) is 62.3 Å². The molecule has 1 saturated heterocycles. The van der Waals surface area contributed by atoms with Crippen LogP contribution in [0, 0.1) is 22.2 Å². The summed E-state index contributed by atoms with van der Waals surface area (Å²) >= 11 is 0. The fraction of sp³-hybridized carbons (Fsp3) is 1.00. The predicted octanol–water partition coefficient (Wildman–Crippen LogP) is 5.24. The minimum Gasteiger partial charge on any atom is -0.371 e. The van der Waals surface area contributed by atoms with Crippen molar-refractivity contribution in [3.63, 3.8) is 0 Å². The second kappa shape index (κ2) is 5.02. The van der Waals surface area contributed by atoms with E-state index in [1.54, 1.807) is 0 Å². The van der Waals surface area contributed by atoms with Crippen molar-refractivity contribution in [3.05, 3.63) is 0 Å². The third-order valence-corrected chi connectivity index (χ3v) is 4.02. The zero-order valence-electron chi connectivity index (χ0n) is 14.3. The molecule has 0 aromatic carbocycles. The molecule has 2 heteroatoms. The smallest absolute Gasteiger partial charge is 0.132 e. The van der Waals surface area contributed by atoms with Gasteiger partial charge in [0, 0.05) is 5.92 Å². The summed E-state index contributed by atoms with van der Waals surface area (Å²) in [6.07, 6.45) is -0.210. The zero-order chi connectivity index (χ0) is 15.2. The molecule has 1 aliphatic rings. The summed E-state index contributed by atoms with van der Waals surface area (Å²) < 4.78 is 21.1. The molecule has 0 aromatic heterocycles. The van der Waals surface area contributed by atoms with E-state index < -0.39 is 6.17 Å². The molecule has 114 valence electrons. The Hall–Kier alpha value is -0.110. The van der Waals surface area contributed by atoms with Gasteiger partial charge in [0.2, 0.25) is 0 Å². The van der Waals surface area contributed by atoms with Crippen LogP contribution >= 0.6 is 0 Å². The lowest BCUT2D eigenvalue weighted by atomic mass is 9.70. The SMILES string of the molecule is CC(C)(C)C[C@H]1O[C@@H](C(C)(C)C)[C@@H](F)C1C(C)(C)C. The number of rotatable bonds is 1. The molecule has 19 heavy (non-hydrogen) atoms. The fourth-order valence-corrected chi connectivity index (χ4v) is 3.24. The average Bonchev–Trinajstić information content (AvgIpc) is 2.36. The van der Waals surface area contributed by atoms with Crippen LogP contribution in [0.3, 0.4) is 0 Å². The molecule has 0 radical (unpaired) electrons. The molecule has 1 aliphatic heterocycles. The molecule has 1 unspecified atom stereocenters. The molecule has 1 heterocycles. The lowest BCUT2D eigenvalue weighted by Gasteiger charge is -2.35. The Morgan fingerprint density at radius 1 is 0.842 bits per heavy atom. The van der Waals surface area contributed by atoms with Gasteiger partial charge in [0.25, 0.3) is 0 Å². The Morgan fingerprint density at radius 3 is 1.63 bits per heavy atom. The first-order valence-electron chi connectivity index (χ1n) is 7.53. The Bertz CT molecular complexity index is 303. The minimum atomic E-state index is -0.868. The van der Waals surface area contributed by atoms with Gasteiger partial charge in [-0.1, -0.05) is 62.3 Å². The van der Waals surface area contributed by atoms with Crippen LogP contribution in [-0.4, -0.2) is 18.4 Å². The van der Waals surface area contributed by atoms with E-state index in [0.29, 0.717) is 0 Å². The number of hydrogen-bond donors (Lipinski definition) is 0. The average molecular weight is 272 g/mol. The zero-order valence-corrected chi connectivity index (χ0v) is 14.3. The van der Waals surface area contributed by atoms with E-state index in [1.807, 2.05) is 0 Å². The lowest BCUT2D eigenvalue weighted by Crippen LogP contribution is -2.39. The fourth-order valence-electron chi connectivity index (χ4n) is 3.24. The molecule has 0 amide bonds. The standard InChI is InChI=1S/C17H33FO/c1-15(2,3)10-11-12(16(4,5)6)13(18)14(19-11)17(7,8)9/h11-14H,10H2,1-9H3/t11-,12?,13+,14-/m1/s1. The molecular weight excluding hydrogens is 239 g/mol. The topological polar surface area (TPSA) is 9.23 Å². The molecule has 1 rings (SSSR count). The van der Waals surface area contributed by atoms with Gasteiger partial charge in [0.05, 0.1) is 12.2 Å². The normalized spacial score (nSPS) is 33.8. The van der Waals surface area contributed by atoms with Crippen LogP contribution in [0.4, 0.5) is 4.39 Å². The Labute approximate surface area is 119 Å². The highest BCUT2D eigenvalue weighted by atomic mass is 19.1. The molecule has 0 spiro atoms. The van der Waals surface area contributed by atoms with Gasteiger partial charge in [0.15, 0.2) is 0 Å². The molecule has 1 nitrogen and oxygen atoms in total. The molecule has 4 atom stereocenters. The highest BCUT2D eigenvalue weighted by Gasteiger charge is 2.53. The van der Waals surface area contributed by atoms with E-state index in [4.69, 9.17) is 4.74 Å². The number of hydrogen-bond acceptors (Lipinski definition) is 1. The summed E-state index contributed by atoms with van der Waals surface area (Å²) in [4.78, 5) is 0. The van der Waals surface area contributed by atoms with Crippen LogP contribution < -0.4 is 0 Å². The second-order valence-electron chi connectivity index (χ2n) is 9.56. The van der Waals surface area contributed by atoms with Crippen molar-refractivity contribution >= 4 is 0 Å². The van der Waals surface area contributed by atoms with Crippen LogP contribution in [0.25, 0.3) is 0 Å². The molecule has 0 bridgehead atoms. The van der Waals surface area contributed by atoms with Crippen molar-refractivity contribution in [1.29, 1.82) is 0 Å². The second-order valence-corrected chi connectivity index (χ2v) is 9.56. The van der Waals surface area contributed by atoms with E-state index in [0.717, 1.165) is 6.42 Å². The molecule has 1 fully saturated rings. The molecular formula is C17H33FO. The summed E-state index contributed by atoms with van der Waals surface area (Å²) in [5.41, 5.74) is -0.0362. The summed E-state index contributed by atoms with van der Waals surface area (Å²) in [6.45, 7) is 19.2. The highest BCUT2D eigenvalue weighted by molar-refractivity contribution is 5.00. The van der Waals surface area contributed by atoms with Crippen molar-refractivity contribution in [2.45, 2.75) is 87.1 Å². The van der Waals surface area contributed by atoms with Crippen molar-refractivity contribution in [2.75, 3.05) is 0 Å². The third kappa shape index (κ3) is 4.18. The maximum atomic E-state index is 14.9. The molecule has 0 aromatic rings. The van der Waals surface area contributed by atoms with Crippen LogP contribution in [0.15, 0.2) is 0 Å². The van der Waals surface area contributed by atoms with E-state index in [9.17, 15) is 4.39 Å². The number of halogens is 1. The predicted molar refractivity (Wildman–Crippen MR) is 80.0 cm³/mol. The van der Waals surface area contributed by atoms with Crippen molar-refractivity contribution in [1.82, 2.24) is 0 Å². The van der Waals surface area contributed by atoms with Crippen molar-refractivity contribution in [2.24, 2.45) is 22.2 Å². The van der Waals surface area contributed by atoms with Gasteiger partial charge >= 0.3 is 0 Å². The summed E-state index contributed by atoms with van der Waals surface area (Å²) in [5.74, 6) is -0.0176. The van der Waals surface area contributed by atoms with Crippen LogP contribution in [-0.2, 0) is 4.74 Å².